The summed E-state index contributed by atoms with van der Waals surface area (Å²) in [6, 6.07) is 13.6. The molecular weight excluding hydrogens is 305 g/mol. The molecule has 0 saturated heterocycles. The molecule has 0 aromatic heterocycles. The second-order valence-corrected chi connectivity index (χ2v) is 6.42. The van der Waals surface area contributed by atoms with E-state index in [-0.39, 0.29) is 16.9 Å². The molecule has 1 atom stereocenters. The van der Waals surface area contributed by atoms with E-state index < -0.39 is 0 Å². The van der Waals surface area contributed by atoms with Gasteiger partial charge in [-0.2, -0.15) is 0 Å². The highest BCUT2D eigenvalue weighted by Gasteiger charge is 2.13. The predicted octanol–water partition coefficient (Wildman–Crippen LogP) is 4.71. The van der Waals surface area contributed by atoms with Gasteiger partial charge < -0.3 is 5.32 Å². The van der Waals surface area contributed by atoms with Crippen molar-refractivity contribution in [2.75, 3.05) is 12.8 Å². The van der Waals surface area contributed by atoms with Gasteiger partial charge in [0.2, 0.25) is 0 Å². The zero-order valence-electron chi connectivity index (χ0n) is 12.2. The van der Waals surface area contributed by atoms with E-state index >= 15 is 0 Å². The second kappa shape index (κ2) is 7.83. The molecule has 21 heavy (non-hydrogen) atoms. The number of nitrogens with one attached hydrogen (secondary N) is 1. The fourth-order valence-electron chi connectivity index (χ4n) is 2.12. The molecule has 0 amide bonds. The third-order valence-electron chi connectivity index (χ3n) is 3.44. The minimum absolute atomic E-state index is 0.235. The van der Waals surface area contributed by atoms with Crippen LogP contribution in [0.1, 0.15) is 11.1 Å². The van der Waals surface area contributed by atoms with Crippen LogP contribution in [-0.2, 0) is 6.42 Å². The Kier molecular flexibility index (Phi) is 6.09. The third kappa shape index (κ3) is 4.47. The molecule has 1 N–H and O–H groups in total. The maximum Gasteiger partial charge on any atom is 0.142 e. The molecule has 0 fully saturated rings. The van der Waals surface area contributed by atoms with E-state index in [4.69, 9.17) is 11.6 Å². The Morgan fingerprint density at radius 3 is 2.67 bits per heavy atom. The van der Waals surface area contributed by atoms with Crippen LogP contribution in [0.3, 0.4) is 0 Å². The van der Waals surface area contributed by atoms with Crippen molar-refractivity contribution < 1.29 is 4.39 Å². The van der Waals surface area contributed by atoms with E-state index in [1.165, 1.54) is 16.5 Å². The topological polar surface area (TPSA) is 12.0 Å². The summed E-state index contributed by atoms with van der Waals surface area (Å²) in [6.45, 7) is 2.11. The molecule has 2 rings (SSSR count). The van der Waals surface area contributed by atoms with Crippen LogP contribution in [0, 0.1) is 12.7 Å². The Balaban J connectivity index is 2.01. The lowest BCUT2D eigenvalue weighted by molar-refractivity contribution is 0.603. The van der Waals surface area contributed by atoms with Gasteiger partial charge in [-0.1, -0.05) is 41.9 Å². The number of likely N-dealkylation sites (N-methyl/N-ethyl adjacent to an activating group) is 1. The first kappa shape index (κ1) is 16.3. The standard InChI is InChI=1S/C17H19ClFNS/c1-12-6-3-4-9-16(12)21-11-14(20-2)10-13-7-5-8-15(19)17(13)18/h3-9,14,20H,10-11H2,1-2H3. The number of rotatable bonds is 6. The monoisotopic (exact) mass is 323 g/mol. The molecule has 0 heterocycles. The lowest BCUT2D eigenvalue weighted by atomic mass is 10.1. The maximum absolute atomic E-state index is 13.5. The number of halogens is 2. The summed E-state index contributed by atoms with van der Waals surface area (Å²) in [7, 11) is 1.93. The minimum Gasteiger partial charge on any atom is -0.316 e. The van der Waals surface area contributed by atoms with Crippen molar-refractivity contribution in [2.45, 2.75) is 24.3 Å². The highest BCUT2D eigenvalue weighted by atomic mass is 35.5. The molecule has 2 aromatic rings. The number of benzene rings is 2. The van der Waals surface area contributed by atoms with Crippen LogP contribution in [0.15, 0.2) is 47.4 Å². The van der Waals surface area contributed by atoms with Gasteiger partial charge >= 0.3 is 0 Å². The molecule has 0 spiro atoms. The van der Waals surface area contributed by atoms with Crippen molar-refractivity contribution in [2.24, 2.45) is 0 Å². The molecule has 0 radical (unpaired) electrons. The Hall–Kier alpha value is -1.03. The van der Waals surface area contributed by atoms with Gasteiger partial charge in [-0.25, -0.2) is 4.39 Å². The Morgan fingerprint density at radius 1 is 1.19 bits per heavy atom. The van der Waals surface area contributed by atoms with Crippen molar-refractivity contribution in [1.82, 2.24) is 5.32 Å². The van der Waals surface area contributed by atoms with E-state index in [0.717, 1.165) is 11.3 Å². The largest absolute Gasteiger partial charge is 0.316 e. The first-order chi connectivity index (χ1) is 10.1. The van der Waals surface area contributed by atoms with Gasteiger partial charge in [-0.15, -0.1) is 11.8 Å². The van der Waals surface area contributed by atoms with E-state index in [1.54, 1.807) is 6.07 Å². The number of aryl methyl sites for hydroxylation is 1. The minimum atomic E-state index is -0.351. The van der Waals surface area contributed by atoms with E-state index in [0.29, 0.717) is 6.42 Å². The van der Waals surface area contributed by atoms with Crippen molar-refractivity contribution in [3.63, 3.8) is 0 Å². The highest BCUT2D eigenvalue weighted by Crippen LogP contribution is 2.25. The average Bonchev–Trinajstić information content (AvgIpc) is 2.49. The fourth-order valence-corrected chi connectivity index (χ4v) is 3.46. The van der Waals surface area contributed by atoms with Crippen LogP contribution >= 0.6 is 23.4 Å². The van der Waals surface area contributed by atoms with Gasteiger partial charge in [0.1, 0.15) is 5.82 Å². The summed E-state index contributed by atoms with van der Waals surface area (Å²) in [5.74, 6) is 0.560. The fraction of sp³-hybridized carbons (Fsp3) is 0.294. The molecular formula is C17H19ClFNS. The molecule has 112 valence electrons. The van der Waals surface area contributed by atoms with Crippen LogP contribution in [0.4, 0.5) is 4.39 Å². The van der Waals surface area contributed by atoms with E-state index in [2.05, 4.69) is 24.4 Å². The first-order valence-electron chi connectivity index (χ1n) is 6.90. The summed E-state index contributed by atoms with van der Waals surface area (Å²) in [5.41, 5.74) is 2.13. The summed E-state index contributed by atoms with van der Waals surface area (Å²) < 4.78 is 13.5. The predicted molar refractivity (Wildman–Crippen MR) is 89.9 cm³/mol. The van der Waals surface area contributed by atoms with Gasteiger partial charge in [0.15, 0.2) is 0 Å². The highest BCUT2D eigenvalue weighted by molar-refractivity contribution is 7.99. The molecule has 1 unspecified atom stereocenters. The van der Waals surface area contributed by atoms with E-state index in [1.807, 2.05) is 37.0 Å². The molecule has 1 nitrogen and oxygen atoms in total. The molecule has 2 aromatic carbocycles. The summed E-state index contributed by atoms with van der Waals surface area (Å²) >= 11 is 7.84. The number of hydrogen-bond donors (Lipinski definition) is 1. The average molecular weight is 324 g/mol. The van der Waals surface area contributed by atoms with Crippen LogP contribution in [0.5, 0.6) is 0 Å². The van der Waals surface area contributed by atoms with Gasteiger partial charge in [0.05, 0.1) is 5.02 Å². The molecule has 0 bridgehead atoms. The van der Waals surface area contributed by atoms with Crippen molar-refractivity contribution in [3.05, 3.63) is 64.4 Å². The Morgan fingerprint density at radius 2 is 1.95 bits per heavy atom. The van der Waals surface area contributed by atoms with Crippen molar-refractivity contribution in [1.29, 1.82) is 0 Å². The summed E-state index contributed by atoms with van der Waals surface area (Å²) in [5, 5.41) is 3.52. The Bertz CT molecular complexity index is 603. The molecule has 0 aliphatic carbocycles. The van der Waals surface area contributed by atoms with Crippen LogP contribution in [-0.4, -0.2) is 18.8 Å². The molecule has 0 saturated carbocycles. The zero-order chi connectivity index (χ0) is 15.2. The number of thioether (sulfide) groups is 1. The number of hydrogen-bond acceptors (Lipinski definition) is 2. The molecule has 0 aliphatic rings. The second-order valence-electron chi connectivity index (χ2n) is 4.98. The van der Waals surface area contributed by atoms with Gasteiger partial charge in [0, 0.05) is 16.7 Å². The zero-order valence-corrected chi connectivity index (χ0v) is 13.8. The van der Waals surface area contributed by atoms with E-state index in [9.17, 15) is 4.39 Å². The normalized spacial score (nSPS) is 12.4. The van der Waals surface area contributed by atoms with Crippen LogP contribution in [0.2, 0.25) is 5.02 Å². The lowest BCUT2D eigenvalue weighted by Crippen LogP contribution is -2.30. The summed E-state index contributed by atoms with van der Waals surface area (Å²) in [6.07, 6.45) is 0.714. The van der Waals surface area contributed by atoms with Crippen molar-refractivity contribution >= 4 is 23.4 Å². The summed E-state index contributed by atoms with van der Waals surface area (Å²) in [4.78, 5) is 1.28. The maximum atomic E-state index is 13.5. The molecule has 0 aliphatic heterocycles. The quantitative estimate of drug-likeness (QED) is 0.773. The Labute approximate surface area is 134 Å². The SMILES string of the molecule is CNC(CSc1ccccc1C)Cc1cccc(F)c1Cl. The van der Waals surface area contributed by atoms with Gasteiger partial charge in [-0.05, 0) is 43.7 Å². The van der Waals surface area contributed by atoms with Crippen molar-refractivity contribution in [3.8, 4) is 0 Å². The third-order valence-corrected chi connectivity index (χ3v) is 5.20. The van der Waals surface area contributed by atoms with Crippen LogP contribution < -0.4 is 5.32 Å². The smallest absolute Gasteiger partial charge is 0.142 e. The van der Waals surface area contributed by atoms with Crippen LogP contribution in [0.25, 0.3) is 0 Å². The molecule has 4 heteroatoms. The first-order valence-corrected chi connectivity index (χ1v) is 8.26. The van der Waals surface area contributed by atoms with Gasteiger partial charge in [0.25, 0.3) is 0 Å². The van der Waals surface area contributed by atoms with Gasteiger partial charge in [-0.3, -0.25) is 0 Å². The lowest BCUT2D eigenvalue weighted by Gasteiger charge is -2.17.